The Balaban J connectivity index is 2.01. The average Bonchev–Trinajstić information content (AvgIpc) is 2.41. The molecule has 6 nitrogen and oxygen atoms in total. The van der Waals surface area contributed by atoms with E-state index in [9.17, 15) is 9.59 Å². The van der Waals surface area contributed by atoms with Crippen LogP contribution in [0.15, 0.2) is 18.2 Å². The molecule has 1 heterocycles. The van der Waals surface area contributed by atoms with E-state index in [1.54, 1.807) is 12.1 Å². The molecule has 108 valence electrons. The number of carboxylic acid groups (broad SMARTS) is 1. The molecule has 1 fully saturated rings. The van der Waals surface area contributed by atoms with Gasteiger partial charge in [-0.25, -0.2) is 4.79 Å². The number of morpholine rings is 1. The lowest BCUT2D eigenvalue weighted by molar-refractivity contribution is -0.117. The van der Waals surface area contributed by atoms with E-state index in [0.717, 1.165) is 10.1 Å². The molecule has 1 aromatic carbocycles. The summed E-state index contributed by atoms with van der Waals surface area (Å²) in [6.07, 6.45) is 0.255. The van der Waals surface area contributed by atoms with Crippen LogP contribution in [0, 0.1) is 3.57 Å². The molecule has 20 heavy (non-hydrogen) atoms. The van der Waals surface area contributed by atoms with Crippen LogP contribution in [0.2, 0.25) is 0 Å². The van der Waals surface area contributed by atoms with Crippen molar-refractivity contribution in [2.75, 3.05) is 25.1 Å². The smallest absolute Gasteiger partial charge is 0.337 e. The predicted octanol–water partition coefficient (Wildman–Crippen LogP) is 1.31. The summed E-state index contributed by atoms with van der Waals surface area (Å²) in [5.74, 6) is -1.28. The monoisotopic (exact) mass is 390 g/mol. The van der Waals surface area contributed by atoms with Crippen LogP contribution in [0.25, 0.3) is 0 Å². The third-order valence-corrected chi connectivity index (χ3v) is 3.59. The zero-order valence-electron chi connectivity index (χ0n) is 10.7. The second-order valence-electron chi connectivity index (χ2n) is 4.47. The number of hydrogen-bond acceptors (Lipinski definition) is 4. The van der Waals surface area contributed by atoms with Gasteiger partial charge in [-0.1, -0.05) is 0 Å². The largest absolute Gasteiger partial charge is 0.478 e. The number of hydrogen-bond donors (Lipinski definition) is 3. The van der Waals surface area contributed by atoms with Crippen LogP contribution in [0.5, 0.6) is 0 Å². The highest BCUT2D eigenvalue weighted by Gasteiger charge is 2.18. The molecule has 2 rings (SSSR count). The number of anilines is 1. The molecule has 3 N–H and O–H groups in total. The lowest BCUT2D eigenvalue weighted by atomic mass is 10.1. The quantitative estimate of drug-likeness (QED) is 0.675. The van der Waals surface area contributed by atoms with Gasteiger partial charge in [0.2, 0.25) is 5.91 Å². The molecule has 0 aromatic heterocycles. The third-order valence-electron chi connectivity index (χ3n) is 2.92. The van der Waals surface area contributed by atoms with Gasteiger partial charge in [0.25, 0.3) is 0 Å². The average molecular weight is 390 g/mol. The molecule has 1 unspecified atom stereocenters. The van der Waals surface area contributed by atoms with Crippen LogP contribution in [0.3, 0.4) is 0 Å². The molecule has 1 aromatic rings. The van der Waals surface area contributed by atoms with E-state index in [1.807, 2.05) is 22.6 Å². The summed E-state index contributed by atoms with van der Waals surface area (Å²) in [5, 5.41) is 15.0. The van der Waals surface area contributed by atoms with E-state index in [1.165, 1.54) is 6.07 Å². The normalized spacial score (nSPS) is 18.6. The molecule has 1 aliphatic heterocycles. The molecule has 1 saturated heterocycles. The Morgan fingerprint density at radius 2 is 2.30 bits per heavy atom. The van der Waals surface area contributed by atoms with Gasteiger partial charge >= 0.3 is 5.97 Å². The first kappa shape index (κ1) is 15.2. The number of aromatic carboxylic acids is 1. The van der Waals surface area contributed by atoms with E-state index < -0.39 is 5.97 Å². The molecule has 0 saturated carbocycles. The molecule has 1 amide bonds. The number of benzene rings is 1. The van der Waals surface area contributed by atoms with Gasteiger partial charge in [-0.15, -0.1) is 0 Å². The highest BCUT2D eigenvalue weighted by atomic mass is 127. The minimum atomic E-state index is -1.06. The van der Waals surface area contributed by atoms with Crippen molar-refractivity contribution in [3.63, 3.8) is 0 Å². The SMILES string of the molecule is O=C(CC1COCCN1)Nc1ccc(I)cc1C(=O)O. The zero-order chi connectivity index (χ0) is 14.5. The summed E-state index contributed by atoms with van der Waals surface area (Å²) in [6, 6.07) is 4.86. The van der Waals surface area contributed by atoms with Gasteiger partial charge in [0.1, 0.15) is 0 Å². The lowest BCUT2D eigenvalue weighted by Gasteiger charge is -2.23. The van der Waals surface area contributed by atoms with Crippen LogP contribution < -0.4 is 10.6 Å². The predicted molar refractivity (Wildman–Crippen MR) is 82.0 cm³/mol. The van der Waals surface area contributed by atoms with Crippen LogP contribution in [-0.4, -0.2) is 42.8 Å². The Hall–Kier alpha value is -1.19. The van der Waals surface area contributed by atoms with E-state index in [0.29, 0.717) is 18.9 Å². The van der Waals surface area contributed by atoms with Crippen molar-refractivity contribution in [2.24, 2.45) is 0 Å². The molecule has 0 spiro atoms. The van der Waals surface area contributed by atoms with E-state index in [4.69, 9.17) is 9.84 Å². The molecule has 1 aliphatic rings. The number of carbonyl (C=O) groups excluding carboxylic acids is 1. The summed E-state index contributed by atoms with van der Waals surface area (Å²) >= 11 is 2.03. The minimum absolute atomic E-state index is 0.0270. The van der Waals surface area contributed by atoms with Crippen molar-refractivity contribution in [3.8, 4) is 0 Å². The maximum absolute atomic E-state index is 11.9. The van der Waals surface area contributed by atoms with Crippen LogP contribution in [0.1, 0.15) is 16.8 Å². The molecular weight excluding hydrogens is 375 g/mol. The Morgan fingerprint density at radius 3 is 2.95 bits per heavy atom. The van der Waals surface area contributed by atoms with Gasteiger partial charge in [0, 0.05) is 22.6 Å². The summed E-state index contributed by atoms with van der Waals surface area (Å²) in [7, 11) is 0. The first-order valence-corrected chi connectivity index (χ1v) is 7.28. The number of halogens is 1. The molecule has 0 bridgehead atoms. The van der Waals surface area contributed by atoms with Crippen molar-refractivity contribution in [1.29, 1.82) is 0 Å². The van der Waals surface area contributed by atoms with E-state index in [-0.39, 0.29) is 23.9 Å². The van der Waals surface area contributed by atoms with Crippen molar-refractivity contribution in [2.45, 2.75) is 12.5 Å². The highest BCUT2D eigenvalue weighted by molar-refractivity contribution is 14.1. The minimum Gasteiger partial charge on any atom is -0.478 e. The number of carbonyl (C=O) groups is 2. The summed E-state index contributed by atoms with van der Waals surface area (Å²) in [4.78, 5) is 23.1. The number of nitrogens with one attached hydrogen (secondary N) is 2. The van der Waals surface area contributed by atoms with Crippen molar-refractivity contribution in [1.82, 2.24) is 5.32 Å². The standard InChI is InChI=1S/C13H15IN2O4/c14-8-1-2-11(10(5-8)13(18)19)16-12(17)6-9-7-20-4-3-15-9/h1-2,5,9,15H,3-4,6-7H2,(H,16,17)(H,18,19). The van der Waals surface area contributed by atoms with Crippen LogP contribution in [0.4, 0.5) is 5.69 Å². The summed E-state index contributed by atoms with van der Waals surface area (Å²) in [5.41, 5.74) is 0.415. The highest BCUT2D eigenvalue weighted by Crippen LogP contribution is 2.19. The van der Waals surface area contributed by atoms with Crippen molar-refractivity contribution < 1.29 is 19.4 Å². The van der Waals surface area contributed by atoms with E-state index >= 15 is 0 Å². The van der Waals surface area contributed by atoms with Crippen molar-refractivity contribution in [3.05, 3.63) is 27.3 Å². The van der Waals surface area contributed by atoms with Gasteiger partial charge in [0.15, 0.2) is 0 Å². The Kier molecular flexibility index (Phi) is 5.32. The molecular formula is C13H15IN2O4. The van der Waals surface area contributed by atoms with Gasteiger partial charge in [-0.3, -0.25) is 4.79 Å². The number of amides is 1. The van der Waals surface area contributed by atoms with Gasteiger partial charge < -0.3 is 20.5 Å². The zero-order valence-corrected chi connectivity index (χ0v) is 12.8. The Bertz CT molecular complexity index is 515. The van der Waals surface area contributed by atoms with Gasteiger partial charge in [0.05, 0.1) is 24.5 Å². The second kappa shape index (κ2) is 7.00. The fourth-order valence-electron chi connectivity index (χ4n) is 1.98. The second-order valence-corrected chi connectivity index (χ2v) is 5.72. The van der Waals surface area contributed by atoms with Gasteiger partial charge in [-0.05, 0) is 40.8 Å². The molecule has 7 heteroatoms. The lowest BCUT2D eigenvalue weighted by Crippen LogP contribution is -2.43. The van der Waals surface area contributed by atoms with Gasteiger partial charge in [-0.2, -0.15) is 0 Å². The van der Waals surface area contributed by atoms with E-state index in [2.05, 4.69) is 10.6 Å². The molecule has 0 radical (unpaired) electrons. The first-order valence-electron chi connectivity index (χ1n) is 6.20. The maximum Gasteiger partial charge on any atom is 0.337 e. The first-order chi connectivity index (χ1) is 9.56. The third kappa shape index (κ3) is 4.15. The van der Waals surface area contributed by atoms with Crippen LogP contribution in [-0.2, 0) is 9.53 Å². The topological polar surface area (TPSA) is 87.7 Å². The number of rotatable bonds is 4. The summed E-state index contributed by atoms with van der Waals surface area (Å²) < 4.78 is 6.08. The summed E-state index contributed by atoms with van der Waals surface area (Å²) in [6.45, 7) is 1.87. The fraction of sp³-hybridized carbons (Fsp3) is 0.385. The number of ether oxygens (including phenoxy) is 1. The number of carboxylic acids is 1. The Morgan fingerprint density at radius 1 is 1.50 bits per heavy atom. The Labute approximate surface area is 130 Å². The maximum atomic E-state index is 11.9. The fourth-order valence-corrected chi connectivity index (χ4v) is 2.47. The molecule has 1 atom stereocenters. The molecule has 0 aliphatic carbocycles. The van der Waals surface area contributed by atoms with Crippen LogP contribution >= 0.6 is 22.6 Å². The van der Waals surface area contributed by atoms with Crippen molar-refractivity contribution >= 4 is 40.2 Å².